The van der Waals surface area contributed by atoms with Crippen LogP contribution in [0.3, 0.4) is 0 Å². The first kappa shape index (κ1) is 18.1. The summed E-state index contributed by atoms with van der Waals surface area (Å²) in [6.45, 7) is 7.58. The number of aromatic amines is 1. The second-order valence-electron chi connectivity index (χ2n) is 5.15. The van der Waals surface area contributed by atoms with Gasteiger partial charge in [-0.25, -0.2) is 19.9 Å². The fourth-order valence-corrected chi connectivity index (χ4v) is 3.78. The highest BCUT2D eigenvalue weighted by Crippen LogP contribution is 2.28. The number of hydrogen-bond acceptors (Lipinski definition) is 9. The Bertz CT molecular complexity index is 987. The van der Waals surface area contributed by atoms with E-state index in [1.54, 1.807) is 41.4 Å². The number of aliphatic imine (C=N–C) groups is 1. The van der Waals surface area contributed by atoms with Crippen molar-refractivity contribution in [3.05, 3.63) is 49.9 Å². The van der Waals surface area contributed by atoms with Crippen molar-refractivity contribution < 1.29 is 4.42 Å². The van der Waals surface area contributed by atoms with E-state index in [9.17, 15) is 4.79 Å². The molecule has 26 heavy (non-hydrogen) atoms. The summed E-state index contributed by atoms with van der Waals surface area (Å²) in [5.74, 6) is 0.928. The molecule has 0 saturated carbocycles. The van der Waals surface area contributed by atoms with Gasteiger partial charge in [-0.3, -0.25) is 4.99 Å². The van der Waals surface area contributed by atoms with Gasteiger partial charge in [0.15, 0.2) is 0 Å². The fourth-order valence-electron chi connectivity index (χ4n) is 2.15. The Labute approximate surface area is 157 Å². The molecule has 8 nitrogen and oxygen atoms in total. The Kier molecular flexibility index (Phi) is 5.64. The molecule has 3 heterocycles. The number of aryl methyl sites for hydroxylation is 2. The maximum absolute atomic E-state index is 11.0. The van der Waals surface area contributed by atoms with Crippen LogP contribution in [-0.4, -0.2) is 32.8 Å². The number of thioether (sulfide) groups is 1. The van der Waals surface area contributed by atoms with E-state index in [-0.39, 0.29) is 5.89 Å². The van der Waals surface area contributed by atoms with Gasteiger partial charge in [0.05, 0.1) is 32.7 Å². The van der Waals surface area contributed by atoms with Gasteiger partial charge < -0.3 is 9.73 Å². The van der Waals surface area contributed by atoms with Gasteiger partial charge in [0.25, 0.3) is 5.89 Å². The molecule has 0 aromatic carbocycles. The van der Waals surface area contributed by atoms with Crippen LogP contribution in [0.1, 0.15) is 15.6 Å². The number of nitrogens with one attached hydrogen (secondary N) is 2. The Balaban J connectivity index is 1.58. The molecule has 0 saturated heterocycles. The molecule has 134 valence electrons. The van der Waals surface area contributed by atoms with Crippen molar-refractivity contribution in [2.45, 2.75) is 13.8 Å². The summed E-state index contributed by atoms with van der Waals surface area (Å²) in [7, 11) is 0. The minimum Gasteiger partial charge on any atom is -0.388 e. The highest BCUT2D eigenvalue weighted by Gasteiger charge is 2.09. The van der Waals surface area contributed by atoms with Crippen molar-refractivity contribution >= 4 is 41.3 Å². The van der Waals surface area contributed by atoms with E-state index in [0.717, 1.165) is 21.3 Å². The van der Waals surface area contributed by atoms with E-state index in [2.05, 4.69) is 37.2 Å². The van der Waals surface area contributed by atoms with E-state index in [1.165, 1.54) is 0 Å². The van der Waals surface area contributed by atoms with Crippen LogP contribution < -0.4 is 11.1 Å². The van der Waals surface area contributed by atoms with Crippen molar-refractivity contribution in [2.75, 3.05) is 11.2 Å². The number of H-pyrrole nitrogens is 1. The lowest BCUT2D eigenvalue weighted by Crippen LogP contribution is -1.98. The van der Waals surface area contributed by atoms with Crippen LogP contribution in [-0.2, 0) is 0 Å². The third-order valence-electron chi connectivity index (χ3n) is 3.29. The van der Waals surface area contributed by atoms with Crippen LogP contribution in [0.2, 0.25) is 0 Å². The molecular formula is C16H16N6O2S2. The van der Waals surface area contributed by atoms with Crippen molar-refractivity contribution in [3.63, 3.8) is 0 Å². The highest BCUT2D eigenvalue weighted by molar-refractivity contribution is 8.02. The summed E-state index contributed by atoms with van der Waals surface area (Å²) in [6, 6.07) is 3.56. The van der Waals surface area contributed by atoms with Gasteiger partial charge in [-0.2, -0.15) is 0 Å². The largest absolute Gasteiger partial charge is 0.434 e. The molecule has 0 aliphatic rings. The van der Waals surface area contributed by atoms with Gasteiger partial charge in [0.1, 0.15) is 5.82 Å². The smallest absolute Gasteiger partial charge is 0.388 e. The van der Waals surface area contributed by atoms with Gasteiger partial charge in [0.2, 0.25) is 0 Å². The van der Waals surface area contributed by atoms with Crippen LogP contribution in [0.4, 0.5) is 5.82 Å². The minimum atomic E-state index is -0.594. The van der Waals surface area contributed by atoms with Crippen molar-refractivity contribution in [1.82, 2.24) is 20.2 Å². The predicted octanol–water partition coefficient (Wildman–Crippen LogP) is 3.30. The quantitative estimate of drug-likeness (QED) is 0.363. The van der Waals surface area contributed by atoms with Gasteiger partial charge in [-0.1, -0.05) is 0 Å². The zero-order valence-electron chi connectivity index (χ0n) is 14.1. The lowest BCUT2D eigenvalue weighted by Gasteiger charge is -2.04. The monoisotopic (exact) mass is 388 g/mol. The molecule has 0 radical (unpaired) electrons. The molecule has 0 aliphatic carbocycles. The van der Waals surface area contributed by atoms with Gasteiger partial charge in [-0.05, 0) is 38.1 Å². The standard InChI is InChI=1S/C16H16N6O2S2/c1-9-14(26-10(2)20-9)12(17-3)7-25-8-19-13-5-4-11(6-18-13)15-21-22-16(23)24-15/h4-7H,3,8H2,1-2H3,(H,18,19)(H,22,23)/b12-7-. The normalized spacial score (nSPS) is 11.5. The SMILES string of the molecule is C=N/C(=C\SCNc1ccc(-c2n[nH]c(=O)o2)cn1)c1sc(C)nc1C. The molecule has 3 aromatic heterocycles. The van der Waals surface area contributed by atoms with Gasteiger partial charge in [0, 0.05) is 6.20 Å². The zero-order chi connectivity index (χ0) is 18.5. The summed E-state index contributed by atoms with van der Waals surface area (Å²) in [5.41, 5.74) is 2.40. The lowest BCUT2D eigenvalue weighted by molar-refractivity contribution is 0.527. The number of thiazole rings is 1. The second-order valence-corrected chi connectivity index (χ2v) is 7.21. The van der Waals surface area contributed by atoms with Crippen LogP contribution in [0.15, 0.2) is 37.9 Å². The lowest BCUT2D eigenvalue weighted by atomic mass is 10.3. The molecule has 0 spiro atoms. The Morgan fingerprint density at radius 2 is 2.35 bits per heavy atom. The number of hydrogen-bond donors (Lipinski definition) is 2. The predicted molar refractivity (Wildman–Crippen MR) is 106 cm³/mol. The van der Waals surface area contributed by atoms with E-state index in [0.29, 0.717) is 17.3 Å². The van der Waals surface area contributed by atoms with Crippen LogP contribution in [0.25, 0.3) is 17.2 Å². The van der Waals surface area contributed by atoms with Crippen LogP contribution in [0.5, 0.6) is 0 Å². The maximum Gasteiger partial charge on any atom is 0.434 e. The van der Waals surface area contributed by atoms with E-state index >= 15 is 0 Å². The molecule has 10 heteroatoms. The third kappa shape index (κ3) is 4.27. The second kappa shape index (κ2) is 8.11. The molecular weight excluding hydrogens is 372 g/mol. The molecule has 0 aliphatic heterocycles. The summed E-state index contributed by atoms with van der Waals surface area (Å²) in [6.07, 6.45) is 1.59. The highest BCUT2D eigenvalue weighted by atomic mass is 32.2. The van der Waals surface area contributed by atoms with Gasteiger partial charge in [-0.15, -0.1) is 28.2 Å². The molecule has 2 N–H and O–H groups in total. The minimum absolute atomic E-state index is 0.211. The molecule has 3 aromatic rings. The summed E-state index contributed by atoms with van der Waals surface area (Å²) < 4.78 is 4.89. The molecule has 0 amide bonds. The average molecular weight is 388 g/mol. The third-order valence-corrected chi connectivity index (χ3v) is 5.08. The Morgan fingerprint density at radius 1 is 1.50 bits per heavy atom. The van der Waals surface area contributed by atoms with Gasteiger partial charge >= 0.3 is 5.76 Å². The van der Waals surface area contributed by atoms with Crippen molar-refractivity contribution in [1.29, 1.82) is 0 Å². The summed E-state index contributed by atoms with van der Waals surface area (Å²) >= 11 is 3.16. The molecule has 0 atom stereocenters. The molecule has 0 fully saturated rings. The number of anilines is 1. The van der Waals surface area contributed by atoms with E-state index in [4.69, 9.17) is 4.42 Å². The number of rotatable bonds is 7. The molecule has 0 bridgehead atoms. The Morgan fingerprint density at radius 3 is 2.92 bits per heavy atom. The first-order chi connectivity index (χ1) is 12.6. The number of pyridine rings is 1. The van der Waals surface area contributed by atoms with Crippen molar-refractivity contribution in [3.8, 4) is 11.5 Å². The maximum atomic E-state index is 11.0. The molecule has 0 unspecified atom stereocenters. The van der Waals surface area contributed by atoms with E-state index in [1.807, 2.05) is 19.3 Å². The first-order valence-corrected chi connectivity index (χ1v) is 9.42. The van der Waals surface area contributed by atoms with Crippen molar-refractivity contribution in [2.24, 2.45) is 4.99 Å². The number of nitrogens with zero attached hydrogens (tertiary/aromatic N) is 4. The van der Waals surface area contributed by atoms with Crippen LogP contribution in [0, 0.1) is 13.8 Å². The average Bonchev–Trinajstić information content (AvgIpc) is 3.21. The van der Waals surface area contributed by atoms with E-state index < -0.39 is 5.76 Å². The number of aromatic nitrogens is 4. The Hall–Kier alpha value is -2.72. The first-order valence-electron chi connectivity index (χ1n) is 7.55. The van der Waals surface area contributed by atoms with Crippen LogP contribution >= 0.6 is 23.1 Å². The topological polar surface area (TPSA) is 109 Å². The summed E-state index contributed by atoms with van der Waals surface area (Å²) in [5, 5.41) is 12.1. The fraction of sp³-hybridized carbons (Fsp3) is 0.188. The zero-order valence-corrected chi connectivity index (χ0v) is 15.8. The summed E-state index contributed by atoms with van der Waals surface area (Å²) in [4.78, 5) is 24.8. The molecule has 3 rings (SSSR count).